The fourth-order valence-corrected chi connectivity index (χ4v) is 3.69. The third-order valence-electron chi connectivity index (χ3n) is 2.69. The Kier molecular flexibility index (Phi) is 2.99. The van der Waals surface area contributed by atoms with Gasteiger partial charge in [-0.3, -0.25) is 0 Å². The zero-order valence-electron chi connectivity index (χ0n) is 8.86. The highest BCUT2D eigenvalue weighted by molar-refractivity contribution is 9.10. The Morgan fingerprint density at radius 3 is 2.94 bits per heavy atom. The molecular weight excluding hydrogens is 318 g/mol. The Balaban J connectivity index is 2.06. The van der Waals surface area contributed by atoms with Crippen molar-refractivity contribution in [1.82, 2.24) is 4.57 Å². The maximum atomic E-state index is 6.25. The molecular formula is C13H9BrClNS. The summed E-state index contributed by atoms with van der Waals surface area (Å²) in [6.07, 6.45) is 2.09. The number of thiophene rings is 1. The lowest BCUT2D eigenvalue weighted by Crippen LogP contribution is -1.95. The van der Waals surface area contributed by atoms with E-state index < -0.39 is 0 Å². The molecule has 0 radical (unpaired) electrons. The van der Waals surface area contributed by atoms with Crippen LogP contribution in [0.4, 0.5) is 0 Å². The topological polar surface area (TPSA) is 4.93 Å². The number of hydrogen-bond acceptors (Lipinski definition) is 1. The SMILES string of the molecule is Clc1cccc2ccn(Cc3cc(Br)cs3)c12. The first-order chi connectivity index (χ1) is 8.24. The van der Waals surface area contributed by atoms with Crippen molar-refractivity contribution >= 4 is 49.8 Å². The molecule has 1 nitrogen and oxygen atoms in total. The van der Waals surface area contributed by atoms with Gasteiger partial charge in [-0.1, -0.05) is 23.7 Å². The van der Waals surface area contributed by atoms with E-state index >= 15 is 0 Å². The first kappa shape index (κ1) is 11.3. The van der Waals surface area contributed by atoms with E-state index in [0.29, 0.717) is 0 Å². The Bertz CT molecular complexity index is 671. The zero-order chi connectivity index (χ0) is 11.8. The summed E-state index contributed by atoms with van der Waals surface area (Å²) in [6, 6.07) is 10.3. The van der Waals surface area contributed by atoms with Gasteiger partial charge < -0.3 is 4.57 Å². The highest BCUT2D eigenvalue weighted by Gasteiger charge is 2.06. The second kappa shape index (κ2) is 4.48. The fraction of sp³-hybridized carbons (Fsp3) is 0.0769. The van der Waals surface area contributed by atoms with Crippen LogP contribution in [0.5, 0.6) is 0 Å². The predicted octanol–water partition coefficient (Wildman–Crippen LogP) is 5.17. The fourth-order valence-electron chi connectivity index (χ4n) is 1.95. The molecule has 2 heterocycles. The highest BCUT2D eigenvalue weighted by Crippen LogP contribution is 2.27. The standard InChI is InChI=1S/C13H9BrClNS/c14-10-6-11(17-8-10)7-16-5-4-9-2-1-3-12(15)13(9)16/h1-6,8H,7H2. The number of benzene rings is 1. The molecule has 3 rings (SSSR count). The Morgan fingerprint density at radius 1 is 1.29 bits per heavy atom. The van der Waals surface area contributed by atoms with E-state index in [4.69, 9.17) is 11.6 Å². The van der Waals surface area contributed by atoms with Gasteiger partial charge in [0.1, 0.15) is 0 Å². The second-order valence-electron chi connectivity index (χ2n) is 3.85. The molecule has 0 aliphatic heterocycles. The summed E-state index contributed by atoms with van der Waals surface area (Å²) < 4.78 is 3.33. The van der Waals surface area contributed by atoms with Crippen LogP contribution in [-0.2, 0) is 6.54 Å². The van der Waals surface area contributed by atoms with Crippen molar-refractivity contribution in [2.45, 2.75) is 6.54 Å². The van der Waals surface area contributed by atoms with Crippen LogP contribution in [0.3, 0.4) is 0 Å². The summed E-state index contributed by atoms with van der Waals surface area (Å²) in [7, 11) is 0. The molecule has 1 aromatic carbocycles. The van der Waals surface area contributed by atoms with Gasteiger partial charge in [-0.05, 0) is 34.1 Å². The van der Waals surface area contributed by atoms with Crippen LogP contribution < -0.4 is 0 Å². The van der Waals surface area contributed by atoms with Gasteiger partial charge in [0.2, 0.25) is 0 Å². The van der Waals surface area contributed by atoms with Crippen LogP contribution in [0.2, 0.25) is 5.02 Å². The molecule has 0 fully saturated rings. The van der Waals surface area contributed by atoms with E-state index in [1.807, 2.05) is 12.1 Å². The largest absolute Gasteiger partial charge is 0.341 e. The Hall–Kier alpha value is -0.770. The molecule has 0 aliphatic rings. The first-order valence-electron chi connectivity index (χ1n) is 5.20. The predicted molar refractivity (Wildman–Crippen MR) is 78.1 cm³/mol. The molecule has 3 aromatic rings. The summed E-state index contributed by atoms with van der Waals surface area (Å²) in [5.74, 6) is 0. The minimum Gasteiger partial charge on any atom is -0.341 e. The third kappa shape index (κ3) is 2.15. The molecule has 0 N–H and O–H groups in total. The molecule has 0 unspecified atom stereocenters. The van der Waals surface area contributed by atoms with Crippen molar-refractivity contribution < 1.29 is 0 Å². The van der Waals surface area contributed by atoms with Crippen LogP contribution in [0.15, 0.2) is 46.4 Å². The summed E-state index contributed by atoms with van der Waals surface area (Å²) in [6.45, 7) is 0.865. The van der Waals surface area contributed by atoms with Gasteiger partial charge in [-0.25, -0.2) is 0 Å². The van der Waals surface area contributed by atoms with Gasteiger partial charge in [0, 0.05) is 26.3 Å². The minimum absolute atomic E-state index is 0.808. The molecule has 0 bridgehead atoms. The van der Waals surface area contributed by atoms with Crippen LogP contribution in [0.25, 0.3) is 10.9 Å². The van der Waals surface area contributed by atoms with Crippen molar-refractivity contribution in [3.63, 3.8) is 0 Å². The lowest BCUT2D eigenvalue weighted by Gasteiger charge is -2.04. The molecule has 86 valence electrons. The van der Waals surface area contributed by atoms with Crippen molar-refractivity contribution in [3.8, 4) is 0 Å². The summed E-state index contributed by atoms with van der Waals surface area (Å²) in [5.41, 5.74) is 1.11. The normalized spacial score (nSPS) is 11.2. The molecule has 17 heavy (non-hydrogen) atoms. The molecule has 0 saturated heterocycles. The zero-order valence-corrected chi connectivity index (χ0v) is 12.0. The van der Waals surface area contributed by atoms with Gasteiger partial charge in [0.25, 0.3) is 0 Å². The van der Waals surface area contributed by atoms with Crippen LogP contribution in [0.1, 0.15) is 4.88 Å². The summed E-state index contributed by atoms with van der Waals surface area (Å²) in [4.78, 5) is 1.31. The molecule has 0 atom stereocenters. The number of halogens is 2. The number of hydrogen-bond donors (Lipinski definition) is 0. The monoisotopic (exact) mass is 325 g/mol. The number of aromatic nitrogens is 1. The second-order valence-corrected chi connectivity index (χ2v) is 6.17. The number of para-hydroxylation sites is 1. The minimum atomic E-state index is 0.808. The maximum absolute atomic E-state index is 6.25. The average molecular weight is 327 g/mol. The van der Waals surface area contributed by atoms with Crippen molar-refractivity contribution in [3.05, 3.63) is 56.3 Å². The molecule has 0 amide bonds. The van der Waals surface area contributed by atoms with E-state index in [2.05, 4.69) is 50.3 Å². The summed E-state index contributed by atoms with van der Waals surface area (Å²) in [5, 5.41) is 4.10. The molecule has 4 heteroatoms. The van der Waals surface area contributed by atoms with Gasteiger partial charge in [-0.2, -0.15) is 0 Å². The summed E-state index contributed by atoms with van der Waals surface area (Å²) >= 11 is 11.5. The molecule has 0 aliphatic carbocycles. The third-order valence-corrected chi connectivity index (χ3v) is 4.67. The highest BCUT2D eigenvalue weighted by atomic mass is 79.9. The van der Waals surface area contributed by atoms with E-state index in [1.54, 1.807) is 11.3 Å². The lowest BCUT2D eigenvalue weighted by molar-refractivity contribution is 0.851. The van der Waals surface area contributed by atoms with Crippen molar-refractivity contribution in [1.29, 1.82) is 0 Å². The van der Waals surface area contributed by atoms with Crippen LogP contribution in [0, 0.1) is 0 Å². The molecule has 0 saturated carbocycles. The van der Waals surface area contributed by atoms with Crippen molar-refractivity contribution in [2.24, 2.45) is 0 Å². The Morgan fingerprint density at radius 2 is 2.18 bits per heavy atom. The first-order valence-corrected chi connectivity index (χ1v) is 7.25. The van der Waals surface area contributed by atoms with E-state index in [0.717, 1.165) is 21.6 Å². The number of rotatable bonds is 2. The number of fused-ring (bicyclic) bond motifs is 1. The maximum Gasteiger partial charge on any atom is 0.0673 e. The lowest BCUT2D eigenvalue weighted by atomic mass is 10.2. The average Bonchev–Trinajstić information content (AvgIpc) is 2.88. The van der Waals surface area contributed by atoms with Crippen LogP contribution >= 0.6 is 38.9 Å². The smallest absolute Gasteiger partial charge is 0.0673 e. The van der Waals surface area contributed by atoms with Crippen LogP contribution in [-0.4, -0.2) is 4.57 Å². The number of nitrogens with zero attached hydrogens (tertiary/aromatic N) is 1. The van der Waals surface area contributed by atoms with E-state index in [9.17, 15) is 0 Å². The molecule has 0 spiro atoms. The van der Waals surface area contributed by atoms with E-state index in [1.165, 1.54) is 10.3 Å². The van der Waals surface area contributed by atoms with Crippen molar-refractivity contribution in [2.75, 3.05) is 0 Å². The quantitative estimate of drug-likeness (QED) is 0.612. The van der Waals surface area contributed by atoms with Gasteiger partial charge in [0.15, 0.2) is 0 Å². The van der Waals surface area contributed by atoms with Gasteiger partial charge in [0.05, 0.1) is 17.1 Å². The van der Waals surface area contributed by atoms with E-state index in [-0.39, 0.29) is 0 Å². The molecule has 2 aromatic heterocycles. The Labute approximate surface area is 117 Å². The van der Waals surface area contributed by atoms with Gasteiger partial charge in [-0.15, -0.1) is 11.3 Å². The van der Waals surface area contributed by atoms with Gasteiger partial charge >= 0.3 is 0 Å².